The van der Waals surface area contributed by atoms with Crippen LogP contribution in [0.25, 0.3) is 11.3 Å². The van der Waals surface area contributed by atoms with Gasteiger partial charge in [0, 0.05) is 18.1 Å². The normalized spacial score (nSPS) is 10.7. The first-order valence-corrected chi connectivity index (χ1v) is 9.93. The molecule has 0 saturated heterocycles. The van der Waals surface area contributed by atoms with Crippen LogP contribution in [0, 0.1) is 32.1 Å². The fourth-order valence-corrected chi connectivity index (χ4v) is 3.43. The maximum absolute atomic E-state index is 12.4. The van der Waals surface area contributed by atoms with E-state index >= 15 is 0 Å². The third kappa shape index (κ3) is 4.90. The molecule has 8 nitrogen and oxygen atoms in total. The number of H-pyrrole nitrogens is 1. The van der Waals surface area contributed by atoms with Crippen molar-refractivity contribution in [3.63, 3.8) is 0 Å². The van der Waals surface area contributed by atoms with Crippen molar-refractivity contribution >= 4 is 18.1 Å². The zero-order chi connectivity index (χ0) is 23.3. The number of ether oxygens (including phenoxy) is 1. The Morgan fingerprint density at radius 3 is 2.62 bits per heavy atom. The van der Waals surface area contributed by atoms with E-state index in [1.54, 1.807) is 30.5 Å². The Morgan fingerprint density at radius 2 is 1.97 bits per heavy atom. The van der Waals surface area contributed by atoms with Gasteiger partial charge in [-0.15, -0.1) is 0 Å². The first kappa shape index (κ1) is 22.4. The van der Waals surface area contributed by atoms with Gasteiger partial charge in [0.25, 0.3) is 5.56 Å². The Kier molecular flexibility index (Phi) is 6.80. The van der Waals surface area contributed by atoms with E-state index in [0.29, 0.717) is 5.56 Å². The van der Waals surface area contributed by atoms with Crippen LogP contribution in [0.1, 0.15) is 40.3 Å². The molecule has 1 heterocycles. The minimum absolute atomic E-state index is 0.0638. The number of carbonyl (C=O) groups is 1. The number of rotatable bonds is 6. The third-order valence-corrected chi connectivity index (χ3v) is 5.05. The Bertz CT molecular complexity index is 1290. The van der Waals surface area contributed by atoms with E-state index in [4.69, 9.17) is 4.74 Å². The highest BCUT2D eigenvalue weighted by Gasteiger charge is 2.14. The Hall–Kier alpha value is -4.25. The summed E-state index contributed by atoms with van der Waals surface area (Å²) in [5, 5.41) is 13.6. The number of benzene rings is 2. The van der Waals surface area contributed by atoms with Crippen molar-refractivity contribution in [2.24, 2.45) is 5.10 Å². The number of hydrazone groups is 1. The second kappa shape index (κ2) is 9.71. The van der Waals surface area contributed by atoms with Crippen molar-refractivity contribution in [1.82, 2.24) is 9.97 Å². The summed E-state index contributed by atoms with van der Waals surface area (Å²) in [5.74, 6) is -0.224. The van der Waals surface area contributed by atoms with Crippen LogP contribution in [0.15, 0.2) is 46.3 Å². The molecule has 3 aromatic rings. The van der Waals surface area contributed by atoms with E-state index in [-0.39, 0.29) is 29.8 Å². The van der Waals surface area contributed by atoms with Gasteiger partial charge in [-0.1, -0.05) is 36.4 Å². The maximum Gasteiger partial charge on any atom is 0.302 e. The molecule has 32 heavy (non-hydrogen) atoms. The Balaban J connectivity index is 1.92. The maximum atomic E-state index is 12.4. The van der Waals surface area contributed by atoms with Gasteiger partial charge in [0.15, 0.2) is 0 Å². The van der Waals surface area contributed by atoms with E-state index < -0.39 is 5.56 Å². The van der Waals surface area contributed by atoms with Crippen LogP contribution in [0.3, 0.4) is 0 Å². The molecular weight excluding hydrogens is 406 g/mol. The number of nitriles is 1. The average Bonchev–Trinajstić information content (AvgIpc) is 2.75. The zero-order valence-electron chi connectivity index (χ0n) is 18.3. The van der Waals surface area contributed by atoms with Crippen LogP contribution in [0.5, 0.6) is 0 Å². The van der Waals surface area contributed by atoms with Crippen LogP contribution < -0.4 is 11.0 Å². The molecule has 3 rings (SSSR count). The van der Waals surface area contributed by atoms with Crippen LogP contribution in [-0.4, -0.2) is 22.2 Å². The number of hydrogen-bond acceptors (Lipinski definition) is 7. The zero-order valence-corrected chi connectivity index (χ0v) is 18.3. The van der Waals surface area contributed by atoms with Gasteiger partial charge < -0.3 is 4.74 Å². The molecule has 0 atom stereocenters. The highest BCUT2D eigenvalue weighted by Crippen LogP contribution is 2.22. The number of hydrogen-bond donors (Lipinski definition) is 2. The van der Waals surface area contributed by atoms with Crippen LogP contribution in [0.2, 0.25) is 0 Å². The summed E-state index contributed by atoms with van der Waals surface area (Å²) in [6, 6.07) is 12.9. The first-order chi connectivity index (χ1) is 15.3. The summed E-state index contributed by atoms with van der Waals surface area (Å²) >= 11 is 0. The molecule has 8 heteroatoms. The number of nitrogens with zero attached hydrogens (tertiary/aromatic N) is 3. The molecule has 162 valence electrons. The number of carbonyl (C=O) groups excluding carboxylic acids is 1. The van der Waals surface area contributed by atoms with E-state index in [1.165, 1.54) is 6.92 Å². The van der Waals surface area contributed by atoms with Crippen molar-refractivity contribution in [3.05, 3.63) is 80.1 Å². The number of nitrogens with one attached hydrogen (secondary N) is 2. The predicted octanol–water partition coefficient (Wildman–Crippen LogP) is 3.74. The van der Waals surface area contributed by atoms with Gasteiger partial charge in [0.2, 0.25) is 5.95 Å². The lowest BCUT2D eigenvalue weighted by Gasteiger charge is -2.15. The van der Waals surface area contributed by atoms with E-state index in [0.717, 1.165) is 27.8 Å². The molecule has 0 aliphatic heterocycles. The summed E-state index contributed by atoms with van der Waals surface area (Å²) in [4.78, 5) is 30.5. The minimum Gasteiger partial charge on any atom is -0.461 e. The SMILES string of the molecule is CC(=O)OCc1c(C)cc(C)c(C=NNc2nc(-c3ccccc3)c(C#N)c(=O)[nH]2)c1C. The van der Waals surface area contributed by atoms with E-state index in [1.807, 2.05) is 39.0 Å². The fourth-order valence-electron chi connectivity index (χ4n) is 3.43. The summed E-state index contributed by atoms with van der Waals surface area (Å²) in [6.07, 6.45) is 1.63. The lowest BCUT2D eigenvalue weighted by molar-refractivity contribution is -0.142. The fraction of sp³-hybridized carbons (Fsp3) is 0.208. The molecule has 1 aromatic heterocycles. The molecule has 0 aliphatic carbocycles. The number of aromatic nitrogens is 2. The van der Waals surface area contributed by atoms with E-state index in [9.17, 15) is 14.9 Å². The topological polar surface area (TPSA) is 120 Å². The number of aryl methyl sites for hydroxylation is 2. The van der Waals surface area contributed by atoms with Crippen molar-refractivity contribution in [3.8, 4) is 17.3 Å². The number of aromatic amines is 1. The summed E-state index contributed by atoms with van der Waals surface area (Å²) in [5.41, 5.74) is 7.82. The predicted molar refractivity (Wildman–Crippen MR) is 122 cm³/mol. The molecule has 0 unspecified atom stereocenters. The van der Waals surface area contributed by atoms with Crippen molar-refractivity contribution in [1.29, 1.82) is 5.26 Å². The molecule has 2 aromatic carbocycles. The second-order valence-corrected chi connectivity index (χ2v) is 7.29. The van der Waals surface area contributed by atoms with Gasteiger partial charge in [-0.2, -0.15) is 10.4 Å². The lowest BCUT2D eigenvalue weighted by Crippen LogP contribution is -2.16. The van der Waals surface area contributed by atoms with Crippen molar-refractivity contribution in [2.45, 2.75) is 34.3 Å². The molecule has 0 spiro atoms. The van der Waals surface area contributed by atoms with Gasteiger partial charge in [-0.25, -0.2) is 10.4 Å². The smallest absolute Gasteiger partial charge is 0.302 e. The van der Waals surface area contributed by atoms with Crippen LogP contribution >= 0.6 is 0 Å². The molecule has 0 radical (unpaired) electrons. The first-order valence-electron chi connectivity index (χ1n) is 9.93. The molecular formula is C24H23N5O3. The Labute approximate surface area is 185 Å². The summed E-state index contributed by atoms with van der Waals surface area (Å²) < 4.78 is 5.17. The van der Waals surface area contributed by atoms with Gasteiger partial charge in [0.1, 0.15) is 18.2 Å². The third-order valence-electron chi connectivity index (χ3n) is 5.05. The molecule has 2 N–H and O–H groups in total. The molecule has 0 aliphatic rings. The quantitative estimate of drug-likeness (QED) is 0.350. The number of esters is 1. The average molecular weight is 429 g/mol. The molecule has 0 amide bonds. The van der Waals surface area contributed by atoms with Gasteiger partial charge in [0.05, 0.1) is 11.9 Å². The second-order valence-electron chi connectivity index (χ2n) is 7.29. The largest absolute Gasteiger partial charge is 0.461 e. The van der Waals surface area contributed by atoms with Gasteiger partial charge in [-0.3, -0.25) is 14.6 Å². The van der Waals surface area contributed by atoms with Crippen molar-refractivity contribution in [2.75, 3.05) is 5.43 Å². The molecule has 0 bridgehead atoms. The summed E-state index contributed by atoms with van der Waals surface area (Å²) in [7, 11) is 0. The highest BCUT2D eigenvalue weighted by molar-refractivity contribution is 5.85. The standard InChI is InChI=1S/C24H23N5O3/c1-14-10-15(2)21(13-32-17(4)30)16(3)20(14)12-26-29-24-27-22(18-8-6-5-7-9-18)19(11-25)23(31)28-24/h5-10,12H,13H2,1-4H3,(H2,27,28,29,31). The highest BCUT2D eigenvalue weighted by atomic mass is 16.5. The van der Waals surface area contributed by atoms with Crippen LogP contribution in [0.4, 0.5) is 5.95 Å². The minimum atomic E-state index is -0.551. The van der Waals surface area contributed by atoms with Crippen molar-refractivity contribution < 1.29 is 9.53 Å². The van der Waals surface area contributed by atoms with Gasteiger partial charge >= 0.3 is 5.97 Å². The Morgan fingerprint density at radius 1 is 1.25 bits per heavy atom. The van der Waals surface area contributed by atoms with Crippen LogP contribution in [-0.2, 0) is 16.1 Å². The monoisotopic (exact) mass is 429 g/mol. The molecule has 0 fully saturated rings. The van der Waals surface area contributed by atoms with Gasteiger partial charge in [-0.05, 0) is 43.0 Å². The number of anilines is 1. The van der Waals surface area contributed by atoms with E-state index in [2.05, 4.69) is 20.5 Å². The lowest BCUT2D eigenvalue weighted by atomic mass is 9.94. The summed E-state index contributed by atoms with van der Waals surface area (Å²) in [6.45, 7) is 7.43. The molecule has 0 saturated carbocycles.